The van der Waals surface area contributed by atoms with Gasteiger partial charge >= 0.3 is 0 Å². The highest BCUT2D eigenvalue weighted by molar-refractivity contribution is 7.93. The molecule has 0 radical (unpaired) electrons. The molecule has 0 aliphatic rings. The Hall–Kier alpha value is -3.75. The van der Waals surface area contributed by atoms with E-state index in [9.17, 15) is 8.42 Å². The standard InChI is InChI=1S/C23H27ClN8O5S/c1-6-31-11-10-16(29-31)22-27-28-23(32(22)19-17(35-3)8-7-9-18(19)36-4)30-38(33,34)14(2)20(37-5)21-25-12-15(24)13-26-21/h7-14,20H,6H2,1-5H3,(H,28,30)/t14-,20-/m1/s1. The molecular formula is C23H27ClN8O5S. The van der Waals surface area contributed by atoms with E-state index in [2.05, 4.69) is 30.0 Å². The van der Waals surface area contributed by atoms with Crippen molar-refractivity contribution < 1.29 is 22.6 Å². The molecule has 13 nitrogen and oxygen atoms in total. The van der Waals surface area contributed by atoms with Crippen LogP contribution in [0.3, 0.4) is 0 Å². The van der Waals surface area contributed by atoms with Gasteiger partial charge in [-0.1, -0.05) is 17.7 Å². The summed E-state index contributed by atoms with van der Waals surface area (Å²) in [6, 6.07) is 6.93. The van der Waals surface area contributed by atoms with Crippen molar-refractivity contribution in [3.05, 3.63) is 53.7 Å². The van der Waals surface area contributed by atoms with E-state index in [1.165, 1.54) is 45.2 Å². The number of ether oxygens (including phenoxy) is 3. The Labute approximate surface area is 224 Å². The molecule has 4 rings (SSSR count). The maximum absolute atomic E-state index is 13.6. The Morgan fingerprint density at radius 2 is 1.71 bits per heavy atom. The quantitative estimate of drug-likeness (QED) is 0.289. The zero-order valence-electron chi connectivity index (χ0n) is 21.4. The number of hydrogen-bond acceptors (Lipinski definition) is 10. The number of aromatic nitrogens is 7. The van der Waals surface area contributed by atoms with E-state index in [1.807, 2.05) is 6.92 Å². The number of halogens is 1. The second-order valence-electron chi connectivity index (χ2n) is 8.02. The molecule has 15 heteroatoms. The second-order valence-corrected chi connectivity index (χ2v) is 10.5. The summed E-state index contributed by atoms with van der Waals surface area (Å²) in [4.78, 5) is 8.24. The molecule has 0 fully saturated rings. The van der Waals surface area contributed by atoms with Crippen LogP contribution in [0.15, 0.2) is 42.9 Å². The first-order chi connectivity index (χ1) is 18.2. The number of nitrogens with one attached hydrogen (secondary N) is 1. The van der Waals surface area contributed by atoms with E-state index in [0.717, 1.165) is 0 Å². The van der Waals surface area contributed by atoms with Gasteiger partial charge < -0.3 is 14.2 Å². The van der Waals surface area contributed by atoms with E-state index in [-0.39, 0.29) is 17.6 Å². The molecule has 3 heterocycles. The van der Waals surface area contributed by atoms with Crippen LogP contribution in [0, 0.1) is 0 Å². The first-order valence-electron chi connectivity index (χ1n) is 11.5. The SMILES string of the molecule is CCn1ccc(-c2nnc(NS(=O)(=O)[C@H](C)[C@@H](OC)c3ncc(Cl)cn3)n2-c2c(OC)cccc2OC)n1. The molecule has 0 saturated heterocycles. The molecule has 2 atom stereocenters. The van der Waals surface area contributed by atoms with Crippen LogP contribution >= 0.6 is 11.6 Å². The summed E-state index contributed by atoms with van der Waals surface area (Å²) >= 11 is 5.88. The smallest absolute Gasteiger partial charge is 0.243 e. The van der Waals surface area contributed by atoms with Gasteiger partial charge in [0.2, 0.25) is 16.0 Å². The van der Waals surface area contributed by atoms with Gasteiger partial charge in [0.1, 0.15) is 34.2 Å². The molecule has 0 bridgehead atoms. The van der Waals surface area contributed by atoms with Crippen LogP contribution < -0.4 is 14.2 Å². The lowest BCUT2D eigenvalue weighted by Crippen LogP contribution is -2.33. The van der Waals surface area contributed by atoms with Crippen molar-refractivity contribution in [3.63, 3.8) is 0 Å². The molecule has 202 valence electrons. The van der Waals surface area contributed by atoms with Crippen molar-refractivity contribution >= 4 is 27.6 Å². The van der Waals surface area contributed by atoms with Gasteiger partial charge in [-0.15, -0.1) is 10.2 Å². The summed E-state index contributed by atoms with van der Waals surface area (Å²) in [6.07, 6.45) is 3.53. The Morgan fingerprint density at radius 3 is 2.26 bits per heavy atom. The fourth-order valence-electron chi connectivity index (χ4n) is 3.80. The highest BCUT2D eigenvalue weighted by Gasteiger charge is 2.35. The van der Waals surface area contributed by atoms with Crippen LogP contribution in [-0.2, 0) is 21.3 Å². The van der Waals surface area contributed by atoms with E-state index in [4.69, 9.17) is 25.8 Å². The fraction of sp³-hybridized carbons (Fsp3) is 0.348. The molecule has 1 aromatic carbocycles. The summed E-state index contributed by atoms with van der Waals surface area (Å²) in [5.41, 5.74) is 0.855. The van der Waals surface area contributed by atoms with E-state index in [1.54, 1.807) is 35.1 Å². The minimum Gasteiger partial charge on any atom is -0.494 e. The van der Waals surface area contributed by atoms with Crippen LogP contribution in [-0.4, -0.2) is 69.5 Å². The van der Waals surface area contributed by atoms with Gasteiger partial charge in [0, 0.05) is 32.2 Å². The van der Waals surface area contributed by atoms with Crippen molar-refractivity contribution in [1.29, 1.82) is 0 Å². The van der Waals surface area contributed by atoms with Crippen molar-refractivity contribution in [3.8, 4) is 28.7 Å². The summed E-state index contributed by atoms with van der Waals surface area (Å²) in [5, 5.41) is 12.1. The molecule has 4 aromatic rings. The Bertz CT molecular complexity index is 1480. The molecule has 0 unspecified atom stereocenters. The molecular weight excluding hydrogens is 536 g/mol. The van der Waals surface area contributed by atoms with Gasteiger partial charge in [-0.3, -0.25) is 14.0 Å². The van der Waals surface area contributed by atoms with Gasteiger partial charge in [-0.05, 0) is 32.0 Å². The van der Waals surface area contributed by atoms with Crippen molar-refractivity contribution in [2.75, 3.05) is 26.1 Å². The minimum atomic E-state index is -4.14. The van der Waals surface area contributed by atoms with Crippen molar-refractivity contribution in [2.45, 2.75) is 31.7 Å². The number of hydrogen-bond donors (Lipinski definition) is 1. The first kappa shape index (κ1) is 27.3. The lowest BCUT2D eigenvalue weighted by molar-refractivity contribution is 0.0950. The number of aryl methyl sites for hydroxylation is 1. The Kier molecular flexibility index (Phi) is 8.14. The van der Waals surface area contributed by atoms with Crippen LogP contribution in [0.25, 0.3) is 17.2 Å². The van der Waals surface area contributed by atoms with E-state index < -0.39 is 21.4 Å². The highest BCUT2D eigenvalue weighted by Crippen LogP contribution is 2.37. The zero-order chi connectivity index (χ0) is 27.4. The minimum absolute atomic E-state index is 0.104. The summed E-state index contributed by atoms with van der Waals surface area (Å²) in [7, 11) is 0.225. The van der Waals surface area contributed by atoms with Gasteiger partial charge in [0.05, 0.1) is 19.2 Å². The molecule has 38 heavy (non-hydrogen) atoms. The van der Waals surface area contributed by atoms with Crippen LogP contribution in [0.2, 0.25) is 5.02 Å². The molecule has 1 N–H and O–H groups in total. The third kappa shape index (κ3) is 5.28. The zero-order valence-corrected chi connectivity index (χ0v) is 22.9. The molecule has 0 aliphatic heterocycles. The number of sulfonamides is 1. The predicted molar refractivity (Wildman–Crippen MR) is 140 cm³/mol. The number of para-hydroxylation sites is 1. The van der Waals surface area contributed by atoms with Crippen LogP contribution in [0.5, 0.6) is 11.5 Å². The summed E-state index contributed by atoms with van der Waals surface area (Å²) < 4.78 is 49.6. The van der Waals surface area contributed by atoms with Crippen molar-refractivity contribution in [2.24, 2.45) is 0 Å². The third-order valence-corrected chi connectivity index (χ3v) is 7.67. The van der Waals surface area contributed by atoms with E-state index in [0.29, 0.717) is 34.4 Å². The first-order valence-corrected chi connectivity index (χ1v) is 13.4. The molecule has 3 aromatic heterocycles. The Morgan fingerprint density at radius 1 is 1.05 bits per heavy atom. The predicted octanol–water partition coefficient (Wildman–Crippen LogP) is 3.13. The number of methoxy groups -OCH3 is 3. The lowest BCUT2D eigenvalue weighted by Gasteiger charge is -2.22. The number of rotatable bonds is 11. The largest absolute Gasteiger partial charge is 0.494 e. The van der Waals surface area contributed by atoms with Crippen LogP contribution in [0.1, 0.15) is 25.8 Å². The van der Waals surface area contributed by atoms with Crippen molar-refractivity contribution in [1.82, 2.24) is 34.5 Å². The Balaban J connectivity index is 1.83. The number of nitrogens with zero attached hydrogens (tertiary/aromatic N) is 7. The van der Waals surface area contributed by atoms with Gasteiger partial charge in [0.25, 0.3) is 0 Å². The fourth-order valence-corrected chi connectivity index (χ4v) is 5.02. The normalized spacial score (nSPS) is 13.2. The number of benzene rings is 1. The van der Waals surface area contributed by atoms with Crippen LogP contribution in [0.4, 0.5) is 5.95 Å². The maximum Gasteiger partial charge on any atom is 0.243 e. The van der Waals surface area contributed by atoms with Gasteiger partial charge in [0.15, 0.2) is 11.6 Å². The molecule has 0 spiro atoms. The maximum atomic E-state index is 13.6. The summed E-state index contributed by atoms with van der Waals surface area (Å²) in [5.74, 6) is 1.13. The number of anilines is 1. The highest BCUT2D eigenvalue weighted by atomic mass is 35.5. The van der Waals surface area contributed by atoms with E-state index >= 15 is 0 Å². The monoisotopic (exact) mass is 562 g/mol. The summed E-state index contributed by atoms with van der Waals surface area (Å²) in [6.45, 7) is 4.05. The van der Waals surface area contributed by atoms with Gasteiger partial charge in [-0.25, -0.2) is 18.4 Å². The topological polar surface area (TPSA) is 148 Å². The average molecular weight is 563 g/mol. The van der Waals surface area contributed by atoms with Gasteiger partial charge in [-0.2, -0.15) is 5.10 Å². The molecule has 0 saturated carbocycles. The third-order valence-electron chi connectivity index (χ3n) is 5.78. The lowest BCUT2D eigenvalue weighted by atomic mass is 10.2. The second kappa shape index (κ2) is 11.3. The molecule has 0 amide bonds. The molecule has 0 aliphatic carbocycles. The average Bonchev–Trinajstić information content (AvgIpc) is 3.56.